The molecule has 1 aromatic carbocycles. The molecule has 1 aliphatic rings. The molecule has 0 saturated heterocycles. The van der Waals surface area contributed by atoms with Gasteiger partial charge in [0, 0.05) is 10.6 Å². The Morgan fingerprint density at radius 3 is 2.18 bits per heavy atom. The number of thioether (sulfide) groups is 1. The molecule has 0 bridgehead atoms. The van der Waals surface area contributed by atoms with Crippen LogP contribution >= 0.6 is 11.8 Å². The number of benzene rings is 1. The molecule has 0 heterocycles. The highest BCUT2D eigenvalue weighted by atomic mass is 32.2. The fourth-order valence-electron chi connectivity index (χ4n) is 2.44. The van der Waals surface area contributed by atoms with E-state index in [9.17, 15) is 5.11 Å². The molecule has 1 N–H and O–H groups in total. The summed E-state index contributed by atoms with van der Waals surface area (Å²) in [5.74, 6) is 0.844. The molecule has 0 spiro atoms. The Kier molecular flexibility index (Phi) is 4.93. The van der Waals surface area contributed by atoms with Crippen LogP contribution in [0.15, 0.2) is 35.2 Å². The van der Waals surface area contributed by atoms with Crippen molar-refractivity contribution >= 4 is 11.8 Å². The van der Waals surface area contributed by atoms with Crippen molar-refractivity contribution in [3.05, 3.63) is 30.3 Å². The van der Waals surface area contributed by atoms with Crippen LogP contribution in [0.4, 0.5) is 0 Å². The maximum Gasteiger partial charge on any atom is 0.0741 e. The number of rotatable bonds is 3. The average molecular weight is 250 g/mol. The zero-order chi connectivity index (χ0) is 12.0. The Morgan fingerprint density at radius 1 is 0.941 bits per heavy atom. The van der Waals surface area contributed by atoms with E-state index in [1.54, 1.807) is 11.8 Å². The van der Waals surface area contributed by atoms with Crippen LogP contribution in [-0.2, 0) is 0 Å². The summed E-state index contributed by atoms with van der Waals surface area (Å²) in [4.78, 5) is 1.27. The van der Waals surface area contributed by atoms with Gasteiger partial charge < -0.3 is 5.11 Å². The lowest BCUT2D eigenvalue weighted by Gasteiger charge is -2.29. The predicted octanol–water partition coefficient (Wildman–Crippen LogP) is 4.25. The third-order valence-corrected chi connectivity index (χ3v) is 4.82. The van der Waals surface area contributed by atoms with Gasteiger partial charge in [0.1, 0.15) is 0 Å². The topological polar surface area (TPSA) is 20.2 Å². The molecule has 1 aliphatic carbocycles. The molecule has 1 fully saturated rings. The van der Waals surface area contributed by atoms with Crippen molar-refractivity contribution in [3.8, 4) is 0 Å². The van der Waals surface area contributed by atoms with E-state index in [0.717, 1.165) is 18.6 Å². The lowest BCUT2D eigenvalue weighted by Crippen LogP contribution is -2.32. The highest BCUT2D eigenvalue weighted by molar-refractivity contribution is 7.99. The maximum absolute atomic E-state index is 10.6. The van der Waals surface area contributed by atoms with E-state index in [-0.39, 0.29) is 0 Å². The van der Waals surface area contributed by atoms with Gasteiger partial charge in [-0.3, -0.25) is 0 Å². The molecule has 94 valence electrons. The minimum Gasteiger partial charge on any atom is -0.389 e. The highest BCUT2D eigenvalue weighted by Crippen LogP contribution is 2.31. The van der Waals surface area contributed by atoms with Crippen molar-refractivity contribution in [2.75, 3.05) is 5.75 Å². The van der Waals surface area contributed by atoms with Gasteiger partial charge in [-0.1, -0.05) is 50.3 Å². The summed E-state index contributed by atoms with van der Waals surface area (Å²) < 4.78 is 0. The van der Waals surface area contributed by atoms with E-state index in [2.05, 4.69) is 24.3 Å². The summed E-state index contributed by atoms with van der Waals surface area (Å²) in [6.45, 7) is 0. The second-order valence-corrected chi connectivity index (χ2v) is 6.14. The Labute approximate surface area is 109 Å². The first-order chi connectivity index (χ1) is 8.29. The van der Waals surface area contributed by atoms with Gasteiger partial charge in [-0.05, 0) is 25.0 Å². The standard InChI is InChI=1S/C15H22OS/c16-15(11-7-2-1-3-8-12-15)13-17-14-9-5-4-6-10-14/h4-6,9-10,16H,1-3,7-8,11-13H2. The van der Waals surface area contributed by atoms with Gasteiger partial charge in [0.15, 0.2) is 0 Å². The van der Waals surface area contributed by atoms with Gasteiger partial charge in [0.2, 0.25) is 0 Å². The van der Waals surface area contributed by atoms with Crippen LogP contribution in [0.25, 0.3) is 0 Å². The SMILES string of the molecule is OC1(CSc2ccccc2)CCCCCCC1. The molecule has 1 saturated carbocycles. The second kappa shape index (κ2) is 6.46. The molecule has 0 aliphatic heterocycles. The van der Waals surface area contributed by atoms with Gasteiger partial charge in [0.05, 0.1) is 5.60 Å². The van der Waals surface area contributed by atoms with E-state index < -0.39 is 5.60 Å². The molecule has 0 unspecified atom stereocenters. The fourth-order valence-corrected chi connectivity index (χ4v) is 3.52. The number of hydrogen-bond donors (Lipinski definition) is 1. The van der Waals surface area contributed by atoms with Gasteiger partial charge in [-0.25, -0.2) is 0 Å². The first-order valence-corrected chi connectivity index (χ1v) is 7.67. The summed E-state index contributed by atoms with van der Waals surface area (Å²) in [7, 11) is 0. The molecule has 1 nitrogen and oxygen atoms in total. The van der Waals surface area contributed by atoms with Crippen molar-refractivity contribution in [2.24, 2.45) is 0 Å². The zero-order valence-corrected chi connectivity index (χ0v) is 11.2. The van der Waals surface area contributed by atoms with E-state index in [4.69, 9.17) is 0 Å². The van der Waals surface area contributed by atoms with Crippen LogP contribution in [0.2, 0.25) is 0 Å². The number of hydrogen-bond acceptors (Lipinski definition) is 2. The Hall–Kier alpha value is -0.470. The Bertz CT molecular complexity index is 315. The Balaban J connectivity index is 1.87. The van der Waals surface area contributed by atoms with Crippen LogP contribution in [0, 0.1) is 0 Å². The normalized spacial score (nSPS) is 20.5. The van der Waals surface area contributed by atoms with E-state index >= 15 is 0 Å². The van der Waals surface area contributed by atoms with Gasteiger partial charge in [0.25, 0.3) is 0 Å². The lowest BCUT2D eigenvalue weighted by atomic mass is 9.89. The molecule has 17 heavy (non-hydrogen) atoms. The molecule has 0 atom stereocenters. The van der Waals surface area contributed by atoms with E-state index in [0.29, 0.717) is 0 Å². The van der Waals surface area contributed by atoms with Gasteiger partial charge in [-0.15, -0.1) is 11.8 Å². The summed E-state index contributed by atoms with van der Waals surface area (Å²) in [5, 5.41) is 10.6. The first kappa shape index (κ1) is 13.0. The van der Waals surface area contributed by atoms with Crippen molar-refractivity contribution in [3.63, 3.8) is 0 Å². The van der Waals surface area contributed by atoms with Gasteiger partial charge >= 0.3 is 0 Å². The minimum atomic E-state index is -0.430. The first-order valence-electron chi connectivity index (χ1n) is 6.69. The summed E-state index contributed by atoms with van der Waals surface area (Å²) in [6, 6.07) is 10.4. The predicted molar refractivity (Wildman–Crippen MR) is 74.4 cm³/mol. The third-order valence-electron chi connectivity index (χ3n) is 3.53. The van der Waals surface area contributed by atoms with E-state index in [1.165, 1.54) is 37.0 Å². The lowest BCUT2D eigenvalue weighted by molar-refractivity contribution is 0.0376. The second-order valence-electron chi connectivity index (χ2n) is 5.09. The van der Waals surface area contributed by atoms with Gasteiger partial charge in [-0.2, -0.15) is 0 Å². The maximum atomic E-state index is 10.6. The fraction of sp³-hybridized carbons (Fsp3) is 0.600. The molecule has 0 radical (unpaired) electrons. The highest BCUT2D eigenvalue weighted by Gasteiger charge is 2.27. The summed E-state index contributed by atoms with van der Waals surface area (Å²) in [5.41, 5.74) is -0.430. The Morgan fingerprint density at radius 2 is 1.53 bits per heavy atom. The molecular formula is C15H22OS. The average Bonchev–Trinajstić information content (AvgIpc) is 2.34. The zero-order valence-electron chi connectivity index (χ0n) is 10.4. The molecule has 2 heteroatoms. The third kappa shape index (κ3) is 4.36. The van der Waals surface area contributed by atoms with Crippen LogP contribution in [0.1, 0.15) is 44.9 Å². The minimum absolute atomic E-state index is 0.430. The quantitative estimate of drug-likeness (QED) is 0.809. The van der Waals surface area contributed by atoms with Crippen LogP contribution in [-0.4, -0.2) is 16.5 Å². The largest absolute Gasteiger partial charge is 0.389 e. The van der Waals surface area contributed by atoms with Crippen molar-refractivity contribution in [1.29, 1.82) is 0 Å². The van der Waals surface area contributed by atoms with E-state index in [1.807, 2.05) is 6.07 Å². The molecule has 0 amide bonds. The summed E-state index contributed by atoms with van der Waals surface area (Å²) >= 11 is 1.79. The monoisotopic (exact) mass is 250 g/mol. The van der Waals surface area contributed by atoms with Crippen molar-refractivity contribution in [1.82, 2.24) is 0 Å². The molecule has 2 rings (SSSR count). The molecular weight excluding hydrogens is 228 g/mol. The number of aliphatic hydroxyl groups is 1. The van der Waals surface area contributed by atoms with Crippen LogP contribution < -0.4 is 0 Å². The van der Waals surface area contributed by atoms with Crippen LogP contribution in [0.3, 0.4) is 0 Å². The van der Waals surface area contributed by atoms with Crippen molar-refractivity contribution < 1.29 is 5.11 Å². The molecule has 0 aromatic heterocycles. The van der Waals surface area contributed by atoms with Crippen LogP contribution in [0.5, 0.6) is 0 Å². The molecule has 1 aromatic rings. The summed E-state index contributed by atoms with van der Waals surface area (Å²) in [6.07, 6.45) is 8.26. The smallest absolute Gasteiger partial charge is 0.0741 e. The van der Waals surface area contributed by atoms with Crippen molar-refractivity contribution in [2.45, 2.75) is 55.4 Å².